The van der Waals surface area contributed by atoms with Crippen LogP contribution in [0.2, 0.25) is 5.02 Å². The number of nitrogens with zero attached hydrogens (tertiary/aromatic N) is 5. The van der Waals surface area contributed by atoms with Crippen molar-refractivity contribution in [1.29, 1.82) is 5.26 Å². The Bertz CT molecular complexity index is 2050. The van der Waals surface area contributed by atoms with E-state index in [1.165, 1.54) is 38.7 Å². The molecule has 0 unspecified atom stereocenters. The quantitative estimate of drug-likeness (QED) is 0.132. The van der Waals surface area contributed by atoms with E-state index >= 15 is 0 Å². The Morgan fingerprint density at radius 2 is 1.81 bits per heavy atom. The van der Waals surface area contributed by atoms with Crippen LogP contribution in [0.15, 0.2) is 84.1 Å². The van der Waals surface area contributed by atoms with Crippen molar-refractivity contribution in [3.05, 3.63) is 95.4 Å². The lowest BCUT2D eigenvalue weighted by atomic mass is 9.96. The molecule has 47 heavy (non-hydrogen) atoms. The maximum atomic E-state index is 14.1. The minimum atomic E-state index is -4.24. The van der Waals surface area contributed by atoms with Gasteiger partial charge in [-0.15, -0.1) is 0 Å². The van der Waals surface area contributed by atoms with Gasteiger partial charge in [0, 0.05) is 46.0 Å². The molecular formula is C33H28ClN5O6S2. The fraction of sp³-hybridized carbons (Fsp3) is 0.212. The number of nitriles is 1. The van der Waals surface area contributed by atoms with Crippen molar-refractivity contribution in [3.63, 3.8) is 0 Å². The van der Waals surface area contributed by atoms with Gasteiger partial charge in [0.1, 0.15) is 41.5 Å². The molecule has 14 heteroatoms. The van der Waals surface area contributed by atoms with E-state index in [-0.39, 0.29) is 34.0 Å². The van der Waals surface area contributed by atoms with E-state index in [4.69, 9.17) is 30.5 Å². The molecule has 0 saturated heterocycles. The van der Waals surface area contributed by atoms with Gasteiger partial charge in [0.15, 0.2) is 0 Å². The molecule has 0 atom stereocenters. The van der Waals surface area contributed by atoms with Crippen molar-refractivity contribution in [3.8, 4) is 46.1 Å². The van der Waals surface area contributed by atoms with Crippen molar-refractivity contribution in [2.75, 3.05) is 18.5 Å². The van der Waals surface area contributed by atoms with Crippen LogP contribution in [0.5, 0.6) is 28.9 Å². The average molecular weight is 690 g/mol. The van der Waals surface area contributed by atoms with Crippen LogP contribution in [-0.2, 0) is 16.6 Å². The second-order valence-corrected chi connectivity index (χ2v) is 13.5. The lowest BCUT2D eigenvalue weighted by molar-refractivity contribution is 0.115. The topological polar surface area (TPSA) is 137 Å². The molecule has 6 rings (SSSR count). The maximum absolute atomic E-state index is 14.1. The largest absolute Gasteiger partial charge is 0.497 e. The van der Waals surface area contributed by atoms with Crippen LogP contribution in [0.1, 0.15) is 30.4 Å². The summed E-state index contributed by atoms with van der Waals surface area (Å²) in [6.07, 6.45) is 6.21. The first-order valence-corrected chi connectivity index (χ1v) is 17.0. The molecule has 1 aliphatic rings. The molecule has 0 spiro atoms. The normalized spacial score (nSPS) is 12.9. The third-order valence-corrected chi connectivity index (χ3v) is 10.3. The van der Waals surface area contributed by atoms with E-state index in [1.807, 2.05) is 12.1 Å². The SMILES string of the molecule is COc1ccc(CN(c2ncns2)S(=O)(=O)c2ccc(Oc3ccc(Cl)cc3-c3ccnc(OC4CCC4)c3)c(C#N)c2)c(OC)c1. The fourth-order valence-corrected chi connectivity index (χ4v) is 7.21. The highest BCUT2D eigenvalue weighted by molar-refractivity contribution is 7.93. The second-order valence-electron chi connectivity index (χ2n) is 10.5. The van der Waals surface area contributed by atoms with Gasteiger partial charge < -0.3 is 18.9 Å². The van der Waals surface area contributed by atoms with Gasteiger partial charge in [-0.1, -0.05) is 11.6 Å². The summed E-state index contributed by atoms with van der Waals surface area (Å²) in [6, 6.07) is 20.0. The van der Waals surface area contributed by atoms with Crippen molar-refractivity contribution in [2.45, 2.75) is 36.8 Å². The first-order chi connectivity index (χ1) is 22.8. The summed E-state index contributed by atoms with van der Waals surface area (Å²) in [6.45, 7) is -0.114. The number of pyridine rings is 1. The molecule has 0 amide bonds. The van der Waals surface area contributed by atoms with E-state index in [0.29, 0.717) is 39.3 Å². The molecule has 5 aromatic rings. The zero-order valence-electron chi connectivity index (χ0n) is 25.3. The number of sulfonamides is 1. The van der Waals surface area contributed by atoms with Crippen LogP contribution in [0.4, 0.5) is 5.13 Å². The molecule has 0 aliphatic heterocycles. The first-order valence-electron chi connectivity index (χ1n) is 14.4. The number of benzene rings is 3. The van der Waals surface area contributed by atoms with Crippen LogP contribution < -0.4 is 23.3 Å². The summed E-state index contributed by atoms with van der Waals surface area (Å²) in [5.74, 6) is 2.06. The van der Waals surface area contributed by atoms with Crippen LogP contribution in [-0.4, -0.2) is 43.1 Å². The predicted octanol–water partition coefficient (Wildman–Crippen LogP) is 7.26. The summed E-state index contributed by atoms with van der Waals surface area (Å²) in [5, 5.41) is 10.7. The number of ether oxygens (including phenoxy) is 4. The van der Waals surface area contributed by atoms with Gasteiger partial charge >= 0.3 is 0 Å². The molecule has 11 nitrogen and oxygen atoms in total. The molecule has 2 aromatic heterocycles. The van der Waals surface area contributed by atoms with E-state index < -0.39 is 10.0 Å². The molecule has 0 radical (unpaired) electrons. The summed E-state index contributed by atoms with van der Waals surface area (Å²) in [4.78, 5) is 8.37. The van der Waals surface area contributed by atoms with Crippen LogP contribution in [0.3, 0.4) is 0 Å². The summed E-state index contributed by atoms with van der Waals surface area (Å²) < 4.78 is 56.4. The summed E-state index contributed by atoms with van der Waals surface area (Å²) >= 11 is 7.29. The number of aromatic nitrogens is 3. The van der Waals surface area contributed by atoms with Gasteiger partial charge in [0.25, 0.3) is 10.0 Å². The number of rotatable bonds is 12. The molecule has 3 aromatic carbocycles. The molecule has 1 aliphatic carbocycles. The third-order valence-electron chi connectivity index (χ3n) is 7.58. The first kappa shape index (κ1) is 32.1. The van der Waals surface area contributed by atoms with Crippen LogP contribution >= 0.6 is 23.1 Å². The minimum absolute atomic E-state index is 0.00921. The lowest BCUT2D eigenvalue weighted by Crippen LogP contribution is -2.30. The molecule has 0 N–H and O–H groups in total. The van der Waals surface area contributed by atoms with Crippen LogP contribution in [0, 0.1) is 11.3 Å². The van der Waals surface area contributed by atoms with E-state index in [2.05, 4.69) is 20.4 Å². The summed E-state index contributed by atoms with van der Waals surface area (Å²) in [7, 11) is -1.23. The molecule has 240 valence electrons. The maximum Gasteiger partial charge on any atom is 0.266 e. The average Bonchev–Trinajstić information content (AvgIpc) is 3.61. The molecular weight excluding hydrogens is 662 g/mol. The van der Waals surface area contributed by atoms with Crippen molar-refractivity contribution in [2.24, 2.45) is 0 Å². The highest BCUT2D eigenvalue weighted by Crippen LogP contribution is 2.39. The van der Waals surface area contributed by atoms with Gasteiger partial charge in [-0.2, -0.15) is 9.64 Å². The number of methoxy groups -OCH3 is 2. The fourth-order valence-electron chi connectivity index (χ4n) is 4.88. The Hall–Kier alpha value is -4.90. The predicted molar refractivity (Wildman–Crippen MR) is 177 cm³/mol. The molecule has 0 bridgehead atoms. The molecule has 1 saturated carbocycles. The number of anilines is 1. The zero-order valence-corrected chi connectivity index (χ0v) is 27.7. The van der Waals surface area contributed by atoms with Crippen molar-refractivity contribution >= 4 is 38.3 Å². The van der Waals surface area contributed by atoms with Crippen molar-refractivity contribution < 1.29 is 27.4 Å². The Morgan fingerprint density at radius 3 is 2.51 bits per heavy atom. The standard InChI is InChI=1S/C33H28ClN5O6S2/c1-42-26-8-6-22(31(17-26)43-2)19-39(33-37-20-38-46-33)47(40,41)27-9-11-29(23(14-27)18-35)45-30-10-7-24(34)16-28(30)21-12-13-36-32(15-21)44-25-4-3-5-25/h6-17,20,25H,3-5,19H2,1-2H3. The lowest BCUT2D eigenvalue weighted by Gasteiger charge is -2.25. The van der Waals surface area contributed by atoms with E-state index in [1.54, 1.807) is 42.6 Å². The van der Waals surface area contributed by atoms with E-state index in [0.717, 1.165) is 40.7 Å². The smallest absolute Gasteiger partial charge is 0.266 e. The Labute approximate surface area is 281 Å². The van der Waals surface area contributed by atoms with Gasteiger partial charge in [0.05, 0.1) is 31.2 Å². The second kappa shape index (κ2) is 13.8. The molecule has 1 fully saturated rings. The highest BCUT2D eigenvalue weighted by atomic mass is 35.5. The van der Waals surface area contributed by atoms with Gasteiger partial charge in [-0.25, -0.2) is 22.7 Å². The van der Waals surface area contributed by atoms with Gasteiger partial charge in [0.2, 0.25) is 11.0 Å². The van der Waals surface area contributed by atoms with Gasteiger partial charge in [-0.3, -0.25) is 0 Å². The number of hydrogen-bond acceptors (Lipinski definition) is 11. The summed E-state index contributed by atoms with van der Waals surface area (Å²) in [5.41, 5.74) is 1.98. The third kappa shape index (κ3) is 6.95. The minimum Gasteiger partial charge on any atom is -0.497 e. The van der Waals surface area contributed by atoms with Crippen LogP contribution in [0.25, 0.3) is 11.1 Å². The Kier molecular flexibility index (Phi) is 9.44. The Balaban J connectivity index is 1.32. The molecule has 2 heterocycles. The van der Waals surface area contributed by atoms with Crippen molar-refractivity contribution in [1.82, 2.24) is 14.3 Å². The zero-order chi connectivity index (χ0) is 33.0. The number of halogens is 1. The van der Waals surface area contributed by atoms with E-state index in [9.17, 15) is 13.7 Å². The highest BCUT2D eigenvalue weighted by Gasteiger charge is 2.30. The number of hydrogen-bond donors (Lipinski definition) is 0. The van der Waals surface area contributed by atoms with Gasteiger partial charge in [-0.05, 0) is 79.4 Å². The Morgan fingerprint density at radius 1 is 0.979 bits per heavy atom. The monoisotopic (exact) mass is 689 g/mol.